The first-order valence-electron chi connectivity index (χ1n) is 13.3. The van der Waals surface area contributed by atoms with E-state index in [1.54, 1.807) is 17.7 Å². The van der Waals surface area contributed by atoms with E-state index in [0.717, 1.165) is 22.4 Å². The number of imidazole rings is 1. The van der Waals surface area contributed by atoms with Gasteiger partial charge in [0, 0.05) is 35.4 Å². The first-order chi connectivity index (χ1) is 20.7. The molecule has 2 amide bonds. The third-order valence-corrected chi connectivity index (χ3v) is 9.12. The normalized spacial score (nSPS) is 19.2. The van der Waals surface area contributed by atoms with Crippen LogP contribution in [-0.2, 0) is 37.1 Å². The number of aldehydes is 2. The molecule has 3 aromatic heterocycles. The summed E-state index contributed by atoms with van der Waals surface area (Å²) >= 11 is 2.56. The predicted octanol–water partition coefficient (Wildman–Crippen LogP) is -0.955. The number of carbonyl (C=O) groups is 4. The number of H-pyrrole nitrogens is 1. The summed E-state index contributed by atoms with van der Waals surface area (Å²) in [5.74, 6) is -0.748. The lowest BCUT2D eigenvalue weighted by molar-refractivity contribution is -0.687. The zero-order chi connectivity index (χ0) is 30.8. The Balaban J connectivity index is 1.33. The first kappa shape index (κ1) is 30.1. The Morgan fingerprint density at radius 3 is 2.86 bits per heavy atom. The number of β-lactam (4-membered cyclic amide) rings is 1. The van der Waals surface area contributed by atoms with Gasteiger partial charge in [0.1, 0.15) is 22.6 Å². The van der Waals surface area contributed by atoms with Crippen molar-refractivity contribution in [2.75, 3.05) is 25.1 Å². The molecule has 17 heteroatoms. The topological polar surface area (TPSA) is 198 Å². The number of aromatic nitrogens is 4. The van der Waals surface area contributed by atoms with Crippen LogP contribution in [0.2, 0.25) is 0 Å². The van der Waals surface area contributed by atoms with Gasteiger partial charge >= 0.3 is 5.69 Å². The van der Waals surface area contributed by atoms with E-state index >= 15 is 0 Å². The number of hydrogen-bond donors (Lipinski definition) is 4. The Kier molecular flexibility index (Phi) is 8.74. The maximum Gasteiger partial charge on any atom is 0.326 e. The number of aryl methyl sites for hydroxylation is 1. The number of oxime groups is 1. The number of nitrogens with two attached hydrogens (primary N) is 1. The minimum absolute atomic E-state index is 0.182. The Bertz CT molecular complexity index is 1720. The Labute approximate surface area is 253 Å². The van der Waals surface area contributed by atoms with Gasteiger partial charge in [0.25, 0.3) is 11.8 Å². The number of rotatable bonds is 12. The molecule has 15 nitrogen and oxygen atoms in total. The van der Waals surface area contributed by atoms with Crippen molar-refractivity contribution in [3.63, 3.8) is 0 Å². The fraction of sp³-hybridized carbons (Fsp3) is 0.385. The quantitative estimate of drug-likeness (QED) is 0.0638. The van der Waals surface area contributed by atoms with Gasteiger partial charge in [-0.1, -0.05) is 5.16 Å². The van der Waals surface area contributed by atoms with E-state index in [2.05, 4.69) is 25.8 Å². The number of amides is 2. The number of nitrogens with zero attached hydrogens (tertiary/aromatic N) is 5. The molecular weight excluding hydrogens is 598 g/mol. The van der Waals surface area contributed by atoms with E-state index in [1.807, 2.05) is 23.9 Å². The number of nitrogens with one attached hydrogen (secondary N) is 3. The van der Waals surface area contributed by atoms with Crippen LogP contribution in [0.4, 0.5) is 5.13 Å². The van der Waals surface area contributed by atoms with Crippen LogP contribution in [0.3, 0.4) is 0 Å². The summed E-state index contributed by atoms with van der Waals surface area (Å²) in [5, 5.41) is 9.26. The second kappa shape index (κ2) is 12.5. The number of thiazole rings is 1. The smallest absolute Gasteiger partial charge is 0.326 e. The molecule has 1 saturated heterocycles. The lowest BCUT2D eigenvalue weighted by atomic mass is 10.0. The number of fused-ring (bicyclic) bond motifs is 2. The molecule has 5 rings (SSSR count). The van der Waals surface area contributed by atoms with E-state index in [9.17, 15) is 24.0 Å². The highest BCUT2D eigenvalue weighted by molar-refractivity contribution is 8.00. The minimum atomic E-state index is -0.926. The van der Waals surface area contributed by atoms with Crippen molar-refractivity contribution in [3.05, 3.63) is 50.8 Å². The van der Waals surface area contributed by atoms with Crippen LogP contribution < -0.4 is 26.6 Å². The minimum Gasteiger partial charge on any atom is -0.384 e. The number of allylic oxidation sites excluding steroid dienone is 1. The van der Waals surface area contributed by atoms with E-state index in [4.69, 9.17) is 10.6 Å². The molecule has 0 radical (unpaired) electrons. The van der Waals surface area contributed by atoms with Crippen molar-refractivity contribution in [1.82, 2.24) is 30.1 Å². The van der Waals surface area contributed by atoms with Gasteiger partial charge in [0.15, 0.2) is 48.5 Å². The summed E-state index contributed by atoms with van der Waals surface area (Å²) in [7, 11) is 1.82. The van der Waals surface area contributed by atoms with Gasteiger partial charge in [-0.05, 0) is 20.9 Å². The number of hydrogen-bond acceptors (Lipinski definition) is 12. The van der Waals surface area contributed by atoms with Crippen molar-refractivity contribution in [1.29, 1.82) is 0 Å². The zero-order valence-electron chi connectivity index (χ0n) is 23.5. The van der Waals surface area contributed by atoms with Crippen molar-refractivity contribution >= 4 is 69.4 Å². The molecule has 0 aromatic carbocycles. The lowest BCUT2D eigenvalue weighted by Gasteiger charge is -2.49. The molecule has 2 aliphatic heterocycles. The standard InChI is InChI=1S/C26H29N9O6S2/c1-13(10-36)41-32-20(19-14(2)43-25(27)31-19)22(38)30-21-23(39)35-18(11-37)15(12-42-24(21)35)8-33-6-4-17-16(9-33)29-26(40)34(17)7-5-28-3/h4,6,9-11,13,21,24,28H,5,7-8,12H2,1-3H3,(H3-,27,29,30,31,38,40)/p+1/b32-20-/t13-,21?,24?/m0/s1. The largest absolute Gasteiger partial charge is 0.384 e. The fourth-order valence-corrected chi connectivity index (χ4v) is 6.88. The summed E-state index contributed by atoms with van der Waals surface area (Å²) in [6.07, 6.45) is 3.87. The number of aromatic amines is 1. The number of likely N-dealkylation sites (N-methyl/N-ethyl adjacent to an activating group) is 1. The van der Waals surface area contributed by atoms with Crippen LogP contribution in [0.1, 0.15) is 17.5 Å². The molecule has 0 spiro atoms. The van der Waals surface area contributed by atoms with E-state index in [-0.39, 0.29) is 27.9 Å². The molecule has 0 bridgehead atoms. The van der Waals surface area contributed by atoms with Crippen LogP contribution in [0.5, 0.6) is 0 Å². The van der Waals surface area contributed by atoms with Crippen molar-refractivity contribution in [2.24, 2.45) is 5.16 Å². The van der Waals surface area contributed by atoms with Gasteiger partial charge in [-0.15, -0.1) is 23.1 Å². The summed E-state index contributed by atoms with van der Waals surface area (Å²) in [5.41, 5.74) is 7.94. The summed E-state index contributed by atoms with van der Waals surface area (Å²) < 4.78 is 3.49. The average molecular weight is 629 g/mol. The molecule has 3 aromatic rings. The van der Waals surface area contributed by atoms with Crippen molar-refractivity contribution in [3.8, 4) is 0 Å². The number of pyridine rings is 1. The molecule has 5 heterocycles. The molecule has 2 aliphatic rings. The fourth-order valence-electron chi connectivity index (χ4n) is 4.84. The number of carbonyl (C=O) groups excluding carboxylic acids is 4. The third-order valence-electron chi connectivity index (χ3n) is 6.98. The maximum absolute atomic E-state index is 13.3. The Morgan fingerprint density at radius 1 is 1.40 bits per heavy atom. The van der Waals surface area contributed by atoms with Crippen molar-refractivity contribution < 1.29 is 28.6 Å². The molecule has 226 valence electrons. The summed E-state index contributed by atoms with van der Waals surface area (Å²) in [4.78, 5) is 76.3. The molecule has 0 aliphatic carbocycles. The predicted molar refractivity (Wildman–Crippen MR) is 159 cm³/mol. The van der Waals surface area contributed by atoms with E-state index in [1.165, 1.54) is 23.6 Å². The molecular formula is C26H30N9O6S2+. The van der Waals surface area contributed by atoms with Gasteiger partial charge in [-0.3, -0.25) is 28.6 Å². The van der Waals surface area contributed by atoms with E-state index < -0.39 is 29.3 Å². The van der Waals surface area contributed by atoms with E-state index in [0.29, 0.717) is 48.4 Å². The van der Waals surface area contributed by atoms with Crippen molar-refractivity contribution in [2.45, 2.75) is 44.5 Å². The Morgan fingerprint density at radius 2 is 2.19 bits per heavy atom. The summed E-state index contributed by atoms with van der Waals surface area (Å²) in [6.45, 7) is 4.64. The molecule has 2 unspecified atom stereocenters. The number of nitrogen functional groups attached to an aromatic ring is 1. The SMILES string of the molecule is CNCCn1c(=O)[nH]c2c[n+](CC3=C(C=O)N4C(=O)C(NC(=O)/C(=N\O[C@@H](C)C=O)c5nc(N)sc5C)C4SC3)ccc21. The average Bonchev–Trinajstić information content (AvgIpc) is 3.49. The van der Waals surface area contributed by atoms with Crippen LogP contribution in [-0.4, -0.2) is 86.4 Å². The van der Waals surface area contributed by atoms with Crippen LogP contribution in [0.25, 0.3) is 11.0 Å². The second-order valence-electron chi connectivity index (χ2n) is 9.91. The first-order valence-corrected chi connectivity index (χ1v) is 15.1. The molecule has 3 atom stereocenters. The number of anilines is 1. The van der Waals surface area contributed by atoms with Gasteiger partial charge in [0.05, 0.1) is 11.2 Å². The zero-order valence-corrected chi connectivity index (χ0v) is 25.2. The van der Waals surface area contributed by atoms with Gasteiger partial charge < -0.3 is 26.2 Å². The van der Waals surface area contributed by atoms with Gasteiger partial charge in [-0.2, -0.15) is 4.57 Å². The number of thioether (sulfide) groups is 1. The van der Waals surface area contributed by atoms with Gasteiger partial charge in [-0.25, -0.2) is 9.78 Å². The highest BCUT2D eigenvalue weighted by atomic mass is 32.2. The van der Waals surface area contributed by atoms with Crippen LogP contribution in [0.15, 0.2) is 39.7 Å². The molecule has 5 N–H and O–H groups in total. The van der Waals surface area contributed by atoms with Crippen LogP contribution >= 0.6 is 23.1 Å². The molecule has 43 heavy (non-hydrogen) atoms. The third kappa shape index (κ3) is 5.82. The monoisotopic (exact) mass is 628 g/mol. The lowest BCUT2D eigenvalue weighted by Crippen LogP contribution is -2.70. The second-order valence-corrected chi connectivity index (χ2v) is 12.3. The summed E-state index contributed by atoms with van der Waals surface area (Å²) in [6, 6.07) is 0.907. The highest BCUT2D eigenvalue weighted by Gasteiger charge is 2.53. The maximum atomic E-state index is 13.3. The molecule has 1 fully saturated rings. The highest BCUT2D eigenvalue weighted by Crippen LogP contribution is 2.39. The van der Waals surface area contributed by atoms with Crippen LogP contribution in [0, 0.1) is 6.92 Å². The van der Waals surface area contributed by atoms with Gasteiger partial charge in [0.2, 0.25) is 0 Å². The molecule has 0 saturated carbocycles. The Hall–Kier alpha value is -4.35.